The number of H-pyrrole nitrogens is 1. The summed E-state index contributed by atoms with van der Waals surface area (Å²) in [6.07, 6.45) is 7.28. The number of benzene rings is 1. The largest absolute Gasteiger partial charge is 0.348 e. The molecule has 25 heavy (non-hydrogen) atoms. The third kappa shape index (κ3) is 4.53. The minimum Gasteiger partial charge on any atom is -0.348 e. The van der Waals surface area contributed by atoms with Crippen molar-refractivity contribution in [1.29, 1.82) is 0 Å². The molecule has 0 spiro atoms. The van der Waals surface area contributed by atoms with Crippen LogP contribution >= 0.6 is 0 Å². The van der Waals surface area contributed by atoms with E-state index < -0.39 is 11.8 Å². The van der Waals surface area contributed by atoms with E-state index in [-0.39, 0.29) is 0 Å². The third-order valence-electron chi connectivity index (χ3n) is 4.11. The van der Waals surface area contributed by atoms with Crippen LogP contribution in [0.4, 0.5) is 5.69 Å². The van der Waals surface area contributed by atoms with Crippen LogP contribution in [0.15, 0.2) is 36.4 Å². The number of hydrogen-bond donors (Lipinski definition) is 3. The molecule has 3 rings (SSSR count). The van der Waals surface area contributed by atoms with E-state index in [1.807, 2.05) is 13.0 Å². The Kier molecular flexibility index (Phi) is 5.23. The number of nitrogens with one attached hydrogen (secondary N) is 3. The third-order valence-corrected chi connectivity index (χ3v) is 4.11. The predicted molar refractivity (Wildman–Crippen MR) is 94.7 cm³/mol. The standard InChI is InChI=1S/C18H21N5O2/c1-12-20-16(23-22-12)14-8-5-9-15(10-14)21-18(25)17(24)19-11-13-6-3-2-4-7-13/h2-3,5,8-10,13H,4,6-7,11H2,1H3,(H,19,24)(H,21,25)(H,20,22,23). The van der Waals surface area contributed by atoms with E-state index in [1.165, 1.54) is 0 Å². The number of carbonyl (C=O) groups excluding carboxylic acids is 2. The van der Waals surface area contributed by atoms with Crippen molar-refractivity contribution < 1.29 is 9.59 Å². The van der Waals surface area contributed by atoms with Crippen LogP contribution in [0, 0.1) is 12.8 Å². The van der Waals surface area contributed by atoms with Crippen molar-refractivity contribution in [3.63, 3.8) is 0 Å². The molecule has 2 aromatic rings. The second-order valence-corrected chi connectivity index (χ2v) is 6.14. The second-order valence-electron chi connectivity index (χ2n) is 6.14. The maximum atomic E-state index is 12.1. The van der Waals surface area contributed by atoms with Crippen molar-refractivity contribution in [2.45, 2.75) is 26.2 Å². The monoisotopic (exact) mass is 339 g/mol. The van der Waals surface area contributed by atoms with Crippen molar-refractivity contribution >= 4 is 17.5 Å². The molecule has 7 heteroatoms. The highest BCUT2D eigenvalue weighted by Gasteiger charge is 2.17. The Balaban J connectivity index is 1.56. The lowest BCUT2D eigenvalue weighted by Gasteiger charge is -2.17. The number of allylic oxidation sites excluding steroid dienone is 2. The molecule has 1 aliphatic rings. The van der Waals surface area contributed by atoms with Crippen molar-refractivity contribution in [3.05, 3.63) is 42.2 Å². The normalized spacial score (nSPS) is 16.4. The Bertz CT molecular complexity index is 796. The average Bonchev–Trinajstić information content (AvgIpc) is 3.07. The molecular weight excluding hydrogens is 318 g/mol. The van der Waals surface area contributed by atoms with E-state index in [4.69, 9.17) is 0 Å². The molecule has 0 fully saturated rings. The van der Waals surface area contributed by atoms with Crippen molar-refractivity contribution in [1.82, 2.24) is 20.5 Å². The molecule has 0 bridgehead atoms. The molecule has 1 aromatic heterocycles. The van der Waals surface area contributed by atoms with E-state index in [9.17, 15) is 9.59 Å². The molecule has 0 aliphatic heterocycles. The van der Waals surface area contributed by atoms with Crippen LogP contribution in [-0.2, 0) is 9.59 Å². The molecule has 3 N–H and O–H groups in total. The summed E-state index contributed by atoms with van der Waals surface area (Å²) in [5.41, 5.74) is 1.29. The van der Waals surface area contributed by atoms with Gasteiger partial charge in [-0.05, 0) is 44.2 Å². The molecule has 1 heterocycles. The van der Waals surface area contributed by atoms with Crippen LogP contribution in [0.5, 0.6) is 0 Å². The molecule has 1 unspecified atom stereocenters. The van der Waals surface area contributed by atoms with E-state index in [0.29, 0.717) is 29.8 Å². The highest BCUT2D eigenvalue weighted by atomic mass is 16.2. The zero-order valence-electron chi connectivity index (χ0n) is 14.1. The summed E-state index contributed by atoms with van der Waals surface area (Å²) in [4.78, 5) is 28.3. The highest BCUT2D eigenvalue weighted by molar-refractivity contribution is 6.39. The van der Waals surface area contributed by atoms with Gasteiger partial charge < -0.3 is 10.6 Å². The Morgan fingerprint density at radius 1 is 1.28 bits per heavy atom. The Labute approximate surface area is 145 Å². The van der Waals surface area contributed by atoms with Crippen molar-refractivity contribution in [2.24, 2.45) is 5.92 Å². The van der Waals surface area contributed by atoms with Crippen LogP contribution in [-0.4, -0.2) is 33.5 Å². The van der Waals surface area contributed by atoms with E-state index >= 15 is 0 Å². The first kappa shape index (κ1) is 16.9. The number of anilines is 1. The minimum atomic E-state index is -0.672. The summed E-state index contributed by atoms with van der Waals surface area (Å²) >= 11 is 0. The van der Waals surface area contributed by atoms with Crippen molar-refractivity contribution in [2.75, 3.05) is 11.9 Å². The van der Waals surface area contributed by atoms with Gasteiger partial charge in [0.1, 0.15) is 5.82 Å². The second kappa shape index (κ2) is 7.74. The first-order chi connectivity index (χ1) is 12.1. The number of carbonyl (C=O) groups is 2. The number of aromatic amines is 1. The molecule has 0 saturated carbocycles. The summed E-state index contributed by atoms with van der Waals surface area (Å²) in [5.74, 6) is 0.368. The Morgan fingerprint density at radius 3 is 2.88 bits per heavy atom. The zero-order chi connectivity index (χ0) is 17.6. The average molecular weight is 339 g/mol. The summed E-state index contributed by atoms with van der Waals surface area (Å²) in [7, 11) is 0. The lowest BCUT2D eigenvalue weighted by molar-refractivity contribution is -0.136. The summed E-state index contributed by atoms with van der Waals surface area (Å²) in [6.45, 7) is 2.33. The topological polar surface area (TPSA) is 99.8 Å². The minimum absolute atomic E-state index is 0.402. The van der Waals surface area contributed by atoms with Crippen LogP contribution in [0.3, 0.4) is 0 Å². The van der Waals surface area contributed by atoms with Gasteiger partial charge in [-0.25, -0.2) is 4.98 Å². The van der Waals surface area contributed by atoms with Crippen LogP contribution in [0.25, 0.3) is 11.4 Å². The fourth-order valence-corrected chi connectivity index (χ4v) is 2.75. The fourth-order valence-electron chi connectivity index (χ4n) is 2.75. The lowest BCUT2D eigenvalue weighted by Crippen LogP contribution is -2.38. The van der Waals surface area contributed by atoms with Gasteiger partial charge in [0.2, 0.25) is 0 Å². The smallest absolute Gasteiger partial charge is 0.313 e. The van der Waals surface area contributed by atoms with E-state index in [1.54, 1.807) is 18.2 Å². The summed E-state index contributed by atoms with van der Waals surface area (Å²) in [5, 5.41) is 12.2. The Morgan fingerprint density at radius 2 is 2.16 bits per heavy atom. The summed E-state index contributed by atoms with van der Waals surface area (Å²) < 4.78 is 0. The number of hydrogen-bond acceptors (Lipinski definition) is 4. The summed E-state index contributed by atoms with van der Waals surface area (Å²) in [6, 6.07) is 7.08. The van der Waals surface area contributed by atoms with Crippen LogP contribution in [0.2, 0.25) is 0 Å². The number of aryl methyl sites for hydroxylation is 1. The van der Waals surface area contributed by atoms with Gasteiger partial charge in [0, 0.05) is 17.8 Å². The first-order valence-electron chi connectivity index (χ1n) is 8.35. The fraction of sp³-hybridized carbons (Fsp3) is 0.333. The van der Waals surface area contributed by atoms with Gasteiger partial charge in [-0.15, -0.1) is 0 Å². The molecule has 1 aliphatic carbocycles. The lowest BCUT2D eigenvalue weighted by atomic mass is 9.94. The van der Waals surface area contributed by atoms with Gasteiger partial charge >= 0.3 is 11.8 Å². The van der Waals surface area contributed by atoms with Gasteiger partial charge in [0.05, 0.1) is 0 Å². The van der Waals surface area contributed by atoms with Crippen LogP contribution < -0.4 is 10.6 Å². The van der Waals surface area contributed by atoms with Gasteiger partial charge in [-0.2, -0.15) is 5.10 Å². The molecule has 2 amide bonds. The van der Waals surface area contributed by atoms with Crippen molar-refractivity contribution in [3.8, 4) is 11.4 Å². The zero-order valence-corrected chi connectivity index (χ0v) is 14.1. The van der Waals surface area contributed by atoms with Gasteiger partial charge in [0.25, 0.3) is 0 Å². The molecule has 7 nitrogen and oxygen atoms in total. The van der Waals surface area contributed by atoms with Gasteiger partial charge in [-0.3, -0.25) is 14.7 Å². The number of rotatable bonds is 4. The van der Waals surface area contributed by atoms with Gasteiger partial charge in [-0.1, -0.05) is 24.3 Å². The van der Waals surface area contributed by atoms with Gasteiger partial charge in [0.15, 0.2) is 5.82 Å². The number of nitrogens with zero attached hydrogens (tertiary/aromatic N) is 2. The predicted octanol–water partition coefficient (Wildman–Crippen LogP) is 2.19. The maximum absolute atomic E-state index is 12.1. The molecule has 1 aromatic carbocycles. The first-order valence-corrected chi connectivity index (χ1v) is 8.35. The number of aromatic nitrogens is 3. The quantitative estimate of drug-likeness (QED) is 0.587. The molecule has 0 radical (unpaired) electrons. The number of amides is 2. The van der Waals surface area contributed by atoms with Crippen LogP contribution in [0.1, 0.15) is 25.1 Å². The SMILES string of the molecule is Cc1nc(-c2cccc(NC(=O)C(=O)NCC3CC=CCC3)c2)n[nH]1. The van der Waals surface area contributed by atoms with E-state index in [0.717, 1.165) is 24.8 Å². The highest BCUT2D eigenvalue weighted by Crippen LogP contribution is 2.19. The molecule has 1 atom stereocenters. The molecule has 0 saturated heterocycles. The Hall–Kier alpha value is -2.96. The van der Waals surface area contributed by atoms with E-state index in [2.05, 4.69) is 38.0 Å². The maximum Gasteiger partial charge on any atom is 0.313 e. The molecule has 130 valence electrons. The molecular formula is C18H21N5O2.